The Bertz CT molecular complexity index is 430. The fraction of sp³-hybridized carbons (Fsp3) is 0.545. The molecule has 7 nitrogen and oxygen atoms in total. The summed E-state index contributed by atoms with van der Waals surface area (Å²) in [6, 6.07) is -0.467. The summed E-state index contributed by atoms with van der Waals surface area (Å²) in [5, 5.41) is 15.3. The van der Waals surface area contributed by atoms with Crippen molar-refractivity contribution in [3.8, 4) is 0 Å². The number of urea groups is 1. The number of carboxylic acids is 1. The van der Waals surface area contributed by atoms with Crippen molar-refractivity contribution in [2.45, 2.75) is 19.4 Å². The van der Waals surface area contributed by atoms with Crippen molar-refractivity contribution in [2.24, 2.45) is 7.05 Å². The van der Waals surface area contributed by atoms with E-state index in [-0.39, 0.29) is 25.0 Å². The van der Waals surface area contributed by atoms with Gasteiger partial charge in [-0.25, -0.2) is 4.79 Å². The molecular weight excluding hydrogens is 236 g/mol. The minimum Gasteiger partial charge on any atom is -0.481 e. The smallest absolute Gasteiger partial charge is 0.317 e. The normalized spacial score (nSPS) is 11.9. The van der Waals surface area contributed by atoms with Crippen LogP contribution in [0.5, 0.6) is 0 Å². The molecule has 1 heterocycles. The predicted octanol–water partition coefficient (Wildman–Crippen LogP) is 0.597. The van der Waals surface area contributed by atoms with Crippen molar-refractivity contribution in [3.05, 3.63) is 18.0 Å². The van der Waals surface area contributed by atoms with Crippen molar-refractivity contribution in [1.29, 1.82) is 0 Å². The second kappa shape index (κ2) is 6.04. The average Bonchev–Trinajstić information content (AvgIpc) is 2.72. The second-order valence-corrected chi connectivity index (χ2v) is 4.18. The highest BCUT2D eigenvalue weighted by Gasteiger charge is 2.14. The van der Waals surface area contributed by atoms with Crippen LogP contribution in [0.1, 0.15) is 24.9 Å². The zero-order valence-corrected chi connectivity index (χ0v) is 10.8. The van der Waals surface area contributed by atoms with Gasteiger partial charge in [-0.1, -0.05) is 0 Å². The van der Waals surface area contributed by atoms with Crippen LogP contribution in [0.4, 0.5) is 4.79 Å². The van der Waals surface area contributed by atoms with Gasteiger partial charge in [0.1, 0.15) is 0 Å². The van der Waals surface area contributed by atoms with Crippen molar-refractivity contribution < 1.29 is 14.7 Å². The highest BCUT2D eigenvalue weighted by atomic mass is 16.4. The molecule has 0 saturated carbocycles. The molecule has 0 aliphatic rings. The Morgan fingerprint density at radius 1 is 1.61 bits per heavy atom. The average molecular weight is 254 g/mol. The van der Waals surface area contributed by atoms with Crippen molar-refractivity contribution >= 4 is 12.0 Å². The summed E-state index contributed by atoms with van der Waals surface area (Å²) < 4.78 is 1.66. The summed E-state index contributed by atoms with van der Waals surface area (Å²) in [4.78, 5) is 23.5. The quantitative estimate of drug-likeness (QED) is 0.805. The number of rotatable bonds is 5. The van der Waals surface area contributed by atoms with E-state index in [1.807, 2.05) is 13.1 Å². The number of carbonyl (C=O) groups is 2. The lowest BCUT2D eigenvalue weighted by molar-refractivity contribution is -0.137. The molecule has 0 saturated heterocycles. The first-order valence-corrected chi connectivity index (χ1v) is 5.62. The van der Waals surface area contributed by atoms with Crippen LogP contribution in [0, 0.1) is 0 Å². The van der Waals surface area contributed by atoms with Crippen molar-refractivity contribution in [2.75, 3.05) is 13.6 Å². The van der Waals surface area contributed by atoms with Crippen LogP contribution < -0.4 is 5.32 Å². The van der Waals surface area contributed by atoms with Gasteiger partial charge in [-0.15, -0.1) is 0 Å². The van der Waals surface area contributed by atoms with Crippen LogP contribution >= 0.6 is 0 Å². The van der Waals surface area contributed by atoms with E-state index >= 15 is 0 Å². The van der Waals surface area contributed by atoms with Crippen LogP contribution in [-0.2, 0) is 11.8 Å². The van der Waals surface area contributed by atoms with Gasteiger partial charge in [0, 0.05) is 32.4 Å². The third-order valence-electron chi connectivity index (χ3n) is 2.57. The molecule has 0 spiro atoms. The van der Waals surface area contributed by atoms with E-state index in [4.69, 9.17) is 5.11 Å². The number of amides is 2. The summed E-state index contributed by atoms with van der Waals surface area (Å²) in [6.45, 7) is 2.03. The summed E-state index contributed by atoms with van der Waals surface area (Å²) in [6.07, 6.45) is 3.44. The molecule has 0 radical (unpaired) electrons. The lowest BCUT2D eigenvalue weighted by Crippen LogP contribution is -2.39. The van der Waals surface area contributed by atoms with Crippen LogP contribution in [0.15, 0.2) is 12.4 Å². The number of aryl methyl sites for hydroxylation is 1. The lowest BCUT2D eigenvalue weighted by Gasteiger charge is -2.20. The molecule has 0 aromatic carbocycles. The molecule has 18 heavy (non-hydrogen) atoms. The molecule has 2 amide bonds. The van der Waals surface area contributed by atoms with Gasteiger partial charge in [0.2, 0.25) is 0 Å². The Balaban J connectivity index is 2.46. The number of hydrogen-bond acceptors (Lipinski definition) is 3. The van der Waals surface area contributed by atoms with Crippen molar-refractivity contribution in [1.82, 2.24) is 20.0 Å². The van der Waals surface area contributed by atoms with Crippen LogP contribution in [-0.4, -0.2) is 45.4 Å². The minimum absolute atomic E-state index is 0.0643. The Kier molecular flexibility index (Phi) is 4.70. The molecule has 1 atom stereocenters. The summed E-state index contributed by atoms with van der Waals surface area (Å²) >= 11 is 0. The minimum atomic E-state index is -0.921. The zero-order valence-electron chi connectivity index (χ0n) is 10.8. The molecule has 1 rings (SSSR count). The summed E-state index contributed by atoms with van der Waals surface area (Å²) in [7, 11) is 3.37. The van der Waals surface area contributed by atoms with Gasteiger partial charge in [-0.2, -0.15) is 5.10 Å². The van der Waals surface area contributed by atoms with E-state index in [9.17, 15) is 9.59 Å². The molecule has 0 aliphatic heterocycles. The number of aliphatic carboxylic acids is 1. The number of aromatic nitrogens is 2. The monoisotopic (exact) mass is 254 g/mol. The van der Waals surface area contributed by atoms with E-state index in [0.29, 0.717) is 0 Å². The molecular formula is C11H18N4O3. The first-order chi connectivity index (χ1) is 8.40. The van der Waals surface area contributed by atoms with Gasteiger partial charge in [-0.05, 0) is 6.92 Å². The topological polar surface area (TPSA) is 87.5 Å². The molecule has 7 heteroatoms. The highest BCUT2D eigenvalue weighted by molar-refractivity contribution is 5.75. The fourth-order valence-electron chi connectivity index (χ4n) is 1.41. The third kappa shape index (κ3) is 4.08. The first-order valence-electron chi connectivity index (χ1n) is 5.62. The highest BCUT2D eigenvalue weighted by Crippen LogP contribution is 2.10. The molecule has 0 bridgehead atoms. The largest absolute Gasteiger partial charge is 0.481 e. The number of carbonyl (C=O) groups excluding carboxylic acids is 1. The molecule has 0 fully saturated rings. The molecule has 1 unspecified atom stereocenters. The summed E-state index contributed by atoms with van der Waals surface area (Å²) in [5.41, 5.74) is 0.900. The Hall–Kier alpha value is -2.05. The van der Waals surface area contributed by atoms with E-state index in [1.165, 1.54) is 4.90 Å². The number of carboxylic acid groups (broad SMARTS) is 1. The van der Waals surface area contributed by atoms with E-state index in [2.05, 4.69) is 10.4 Å². The molecule has 1 aromatic heterocycles. The van der Waals surface area contributed by atoms with E-state index in [0.717, 1.165) is 5.56 Å². The van der Waals surface area contributed by atoms with Crippen LogP contribution in [0.2, 0.25) is 0 Å². The Morgan fingerprint density at radius 3 is 2.78 bits per heavy atom. The molecule has 1 aromatic rings. The van der Waals surface area contributed by atoms with E-state index in [1.54, 1.807) is 25.0 Å². The van der Waals surface area contributed by atoms with Gasteiger partial charge in [0.05, 0.1) is 18.7 Å². The van der Waals surface area contributed by atoms with Crippen molar-refractivity contribution in [3.63, 3.8) is 0 Å². The fourth-order valence-corrected chi connectivity index (χ4v) is 1.41. The first kappa shape index (κ1) is 14.0. The maximum Gasteiger partial charge on any atom is 0.317 e. The molecule has 0 aliphatic carbocycles. The maximum absolute atomic E-state index is 11.7. The number of nitrogens with zero attached hydrogens (tertiary/aromatic N) is 3. The maximum atomic E-state index is 11.7. The standard InChI is InChI=1S/C11H18N4O3/c1-8(9-6-12-15(3)7-9)13-11(18)14(2)5-4-10(16)17/h6-8H,4-5H2,1-3H3,(H,13,18)(H,16,17). The SMILES string of the molecule is CC(NC(=O)N(C)CCC(=O)O)c1cnn(C)c1. The van der Waals surface area contributed by atoms with Gasteiger partial charge >= 0.3 is 12.0 Å². The number of hydrogen-bond donors (Lipinski definition) is 2. The Labute approximate surface area is 105 Å². The molecule has 2 N–H and O–H groups in total. The van der Waals surface area contributed by atoms with Gasteiger partial charge < -0.3 is 15.3 Å². The zero-order chi connectivity index (χ0) is 13.7. The number of nitrogens with one attached hydrogen (secondary N) is 1. The molecule has 100 valence electrons. The summed E-state index contributed by atoms with van der Waals surface area (Å²) in [5.74, 6) is -0.921. The lowest BCUT2D eigenvalue weighted by atomic mass is 10.2. The van der Waals surface area contributed by atoms with E-state index < -0.39 is 5.97 Å². The van der Waals surface area contributed by atoms with Gasteiger partial charge in [0.15, 0.2) is 0 Å². The van der Waals surface area contributed by atoms with Crippen LogP contribution in [0.25, 0.3) is 0 Å². The van der Waals surface area contributed by atoms with Gasteiger partial charge in [0.25, 0.3) is 0 Å². The Morgan fingerprint density at radius 2 is 2.28 bits per heavy atom. The van der Waals surface area contributed by atoms with Crippen LogP contribution in [0.3, 0.4) is 0 Å². The van der Waals surface area contributed by atoms with Gasteiger partial charge in [-0.3, -0.25) is 9.48 Å². The predicted molar refractivity (Wildman–Crippen MR) is 65.0 cm³/mol. The second-order valence-electron chi connectivity index (χ2n) is 4.18. The third-order valence-corrected chi connectivity index (χ3v) is 2.57.